The first-order chi connectivity index (χ1) is 15.7. The van der Waals surface area contributed by atoms with Gasteiger partial charge in [0, 0.05) is 35.9 Å². The number of nitrogens with zero attached hydrogens (tertiary/aromatic N) is 5. The zero-order valence-corrected chi connectivity index (χ0v) is 19.7. The lowest BCUT2D eigenvalue weighted by Gasteiger charge is -2.50. The summed E-state index contributed by atoms with van der Waals surface area (Å²) in [7, 11) is 3.37. The number of nitrogens with two attached hydrogens (primary N) is 1. The van der Waals surface area contributed by atoms with Crippen molar-refractivity contribution in [1.82, 2.24) is 24.9 Å². The topological polar surface area (TPSA) is 172 Å². The predicted molar refractivity (Wildman–Crippen MR) is 121 cm³/mol. The third kappa shape index (κ3) is 4.53. The third-order valence-electron chi connectivity index (χ3n) is 5.82. The molecule has 3 aliphatic rings. The molecular weight excluding hydrogens is 472 g/mol. The zero-order chi connectivity index (χ0) is 23.8. The third-order valence-corrected chi connectivity index (χ3v) is 7.70. The smallest absolute Gasteiger partial charge is 0.352 e. The first-order valence-electron chi connectivity index (χ1n) is 10.2. The second-order valence-electron chi connectivity index (χ2n) is 8.17. The molecule has 5 N–H and O–H groups in total. The Morgan fingerprint density at radius 1 is 1.42 bits per heavy atom. The number of carbonyl (C=O) groups excluding carboxylic acids is 2. The minimum atomic E-state index is -1.14. The van der Waals surface area contributed by atoms with Crippen LogP contribution in [0.15, 0.2) is 16.4 Å². The fourth-order valence-corrected chi connectivity index (χ4v) is 5.94. The summed E-state index contributed by atoms with van der Waals surface area (Å²) in [5.41, 5.74) is 6.11. The Balaban J connectivity index is 1.51. The summed E-state index contributed by atoms with van der Waals surface area (Å²) in [6, 6.07) is -0.902. The van der Waals surface area contributed by atoms with Crippen LogP contribution in [0, 0.1) is 0 Å². The molecule has 0 spiro atoms. The molecular formula is C18H25N8O5S2+. The van der Waals surface area contributed by atoms with Crippen molar-refractivity contribution in [3.63, 3.8) is 0 Å². The van der Waals surface area contributed by atoms with Crippen molar-refractivity contribution in [2.45, 2.75) is 11.4 Å². The number of carboxylic acids is 1. The Hall–Kier alpha value is -2.75. The van der Waals surface area contributed by atoms with Gasteiger partial charge >= 0.3 is 5.97 Å². The molecule has 3 aliphatic heterocycles. The summed E-state index contributed by atoms with van der Waals surface area (Å²) in [6.45, 7) is 4.06. The molecule has 1 aromatic rings. The molecule has 2 fully saturated rings. The molecule has 0 aromatic carbocycles. The predicted octanol–water partition coefficient (Wildman–Crippen LogP) is -1.74. The maximum absolute atomic E-state index is 12.9. The van der Waals surface area contributed by atoms with E-state index < -0.39 is 29.2 Å². The highest BCUT2D eigenvalue weighted by Crippen LogP contribution is 2.41. The second kappa shape index (κ2) is 9.24. The molecule has 13 nitrogen and oxygen atoms in total. The number of piperazine rings is 1. The number of quaternary nitrogens is 1. The number of oxime groups is 1. The first kappa shape index (κ1) is 23.4. The van der Waals surface area contributed by atoms with Gasteiger partial charge < -0.3 is 30.8 Å². The number of β-lactam (4-membered cyclic amide) rings is 1. The SMILES string of the molecule is CON=C(C(=O)N[C@@H]1C(=O)N2C(C(=O)O)=C(C[N+]3(C)CCNCC3)CS[C@@H]12)c1nsc(N)n1. The van der Waals surface area contributed by atoms with Crippen LogP contribution in [0.4, 0.5) is 5.13 Å². The van der Waals surface area contributed by atoms with Gasteiger partial charge in [0.25, 0.3) is 11.8 Å². The highest BCUT2D eigenvalue weighted by molar-refractivity contribution is 8.00. The van der Waals surface area contributed by atoms with Gasteiger partial charge in [-0.2, -0.15) is 9.36 Å². The molecule has 178 valence electrons. The summed E-state index contributed by atoms with van der Waals surface area (Å²) in [5.74, 6) is -1.88. The normalized spacial score (nSPS) is 24.7. The molecule has 2 atom stereocenters. The highest BCUT2D eigenvalue weighted by Gasteiger charge is 2.55. The Morgan fingerprint density at radius 3 is 2.76 bits per heavy atom. The van der Waals surface area contributed by atoms with Crippen molar-refractivity contribution in [3.05, 3.63) is 17.1 Å². The molecule has 0 bridgehead atoms. The number of carboxylic acid groups (broad SMARTS) is 1. The van der Waals surface area contributed by atoms with E-state index in [4.69, 9.17) is 10.6 Å². The number of amides is 2. The number of anilines is 1. The number of aliphatic carboxylic acids is 1. The van der Waals surface area contributed by atoms with Crippen LogP contribution in [0.5, 0.6) is 0 Å². The number of nitrogen functional groups attached to an aromatic ring is 1. The van der Waals surface area contributed by atoms with Gasteiger partial charge in [-0.15, -0.1) is 11.8 Å². The Bertz CT molecular complexity index is 1030. The largest absolute Gasteiger partial charge is 0.477 e. The van der Waals surface area contributed by atoms with Gasteiger partial charge in [-0.25, -0.2) is 4.79 Å². The van der Waals surface area contributed by atoms with Gasteiger partial charge in [0.1, 0.15) is 30.8 Å². The Kier molecular flexibility index (Phi) is 6.56. The number of nitrogens with one attached hydrogen (secondary N) is 2. The molecule has 0 aliphatic carbocycles. The van der Waals surface area contributed by atoms with Gasteiger partial charge in [0.05, 0.1) is 20.1 Å². The van der Waals surface area contributed by atoms with Crippen LogP contribution in [0.3, 0.4) is 0 Å². The van der Waals surface area contributed by atoms with Crippen LogP contribution in [-0.4, -0.2) is 111 Å². The zero-order valence-electron chi connectivity index (χ0n) is 18.1. The van der Waals surface area contributed by atoms with Crippen molar-refractivity contribution < 1.29 is 28.8 Å². The Morgan fingerprint density at radius 2 is 2.15 bits per heavy atom. The van der Waals surface area contributed by atoms with E-state index in [9.17, 15) is 19.5 Å². The maximum Gasteiger partial charge on any atom is 0.352 e. The minimum absolute atomic E-state index is 0.0156. The van der Waals surface area contributed by atoms with Gasteiger partial charge in [0.15, 0.2) is 5.13 Å². The lowest BCUT2D eigenvalue weighted by molar-refractivity contribution is -0.906. The Labute approximate surface area is 197 Å². The first-order valence-corrected chi connectivity index (χ1v) is 12.0. The van der Waals surface area contributed by atoms with Gasteiger partial charge in [0.2, 0.25) is 11.5 Å². The molecule has 33 heavy (non-hydrogen) atoms. The molecule has 4 heterocycles. The second-order valence-corrected chi connectivity index (χ2v) is 10.1. The van der Waals surface area contributed by atoms with Crippen molar-refractivity contribution >= 4 is 51.9 Å². The van der Waals surface area contributed by atoms with E-state index in [0.717, 1.165) is 43.3 Å². The van der Waals surface area contributed by atoms with Crippen LogP contribution < -0.4 is 16.4 Å². The molecule has 0 radical (unpaired) electrons. The number of fused-ring (bicyclic) bond motifs is 1. The summed E-state index contributed by atoms with van der Waals surface area (Å²) in [5, 5.41) is 19.1. The molecule has 4 rings (SSSR count). The monoisotopic (exact) mass is 497 g/mol. The standard InChI is InChI=1S/C18H24N8O5S2/c1-26(5-3-20-4-6-26)7-9-8-32-16-11(15(28)25(16)12(9)17(29)30)21-14(27)10(23-31-2)13-22-18(19)33-24-13/h11,16,20H,3-8H2,1-2H3,(H3-,19,21,22,24,27,29,30)/p+1/t11-,16+/m1/s1. The fourth-order valence-electron chi connectivity index (χ4n) is 4.17. The van der Waals surface area contributed by atoms with Crippen LogP contribution in [0.2, 0.25) is 0 Å². The van der Waals surface area contributed by atoms with E-state index in [0.29, 0.717) is 16.8 Å². The average molecular weight is 498 g/mol. The average Bonchev–Trinajstić information content (AvgIpc) is 3.21. The molecule has 2 saturated heterocycles. The number of likely N-dealkylation sites (N-methyl/N-ethyl adjacent to an activating group) is 1. The van der Waals surface area contributed by atoms with Crippen molar-refractivity contribution in [3.8, 4) is 0 Å². The van der Waals surface area contributed by atoms with Crippen molar-refractivity contribution in [2.24, 2.45) is 5.16 Å². The van der Waals surface area contributed by atoms with Gasteiger partial charge in [-0.3, -0.25) is 14.5 Å². The lowest BCUT2D eigenvalue weighted by Crippen LogP contribution is -2.71. The van der Waals surface area contributed by atoms with E-state index in [2.05, 4.69) is 32.2 Å². The number of rotatable bonds is 7. The molecule has 2 amide bonds. The summed E-state index contributed by atoms with van der Waals surface area (Å²) in [6.07, 6.45) is 0. The highest BCUT2D eigenvalue weighted by atomic mass is 32.2. The molecule has 0 unspecified atom stereocenters. The van der Waals surface area contributed by atoms with Crippen molar-refractivity contribution in [1.29, 1.82) is 0 Å². The quantitative estimate of drug-likeness (QED) is 0.147. The van der Waals surface area contributed by atoms with E-state index in [-0.39, 0.29) is 22.4 Å². The molecule has 0 saturated carbocycles. The van der Waals surface area contributed by atoms with E-state index in [1.165, 1.54) is 23.8 Å². The molecule has 15 heteroatoms. The number of carbonyl (C=O) groups is 3. The van der Waals surface area contributed by atoms with E-state index in [1.54, 1.807) is 0 Å². The van der Waals surface area contributed by atoms with E-state index in [1.807, 2.05) is 0 Å². The van der Waals surface area contributed by atoms with Gasteiger partial charge in [-0.05, 0) is 0 Å². The summed E-state index contributed by atoms with van der Waals surface area (Å²) >= 11 is 2.33. The van der Waals surface area contributed by atoms with Crippen LogP contribution in [-0.2, 0) is 19.2 Å². The fraction of sp³-hybridized carbons (Fsp3) is 0.556. The maximum atomic E-state index is 12.9. The number of hydrogen-bond donors (Lipinski definition) is 4. The van der Waals surface area contributed by atoms with Gasteiger partial charge in [-0.1, -0.05) is 5.16 Å². The van der Waals surface area contributed by atoms with E-state index >= 15 is 0 Å². The van der Waals surface area contributed by atoms with Crippen LogP contribution >= 0.6 is 23.3 Å². The van der Waals surface area contributed by atoms with Crippen molar-refractivity contribution in [2.75, 3.05) is 58.4 Å². The van der Waals surface area contributed by atoms with Crippen LogP contribution in [0.25, 0.3) is 0 Å². The summed E-state index contributed by atoms with van der Waals surface area (Å²) in [4.78, 5) is 47.8. The molecule has 1 aromatic heterocycles. The summed E-state index contributed by atoms with van der Waals surface area (Å²) < 4.78 is 4.67. The van der Waals surface area contributed by atoms with Crippen LogP contribution in [0.1, 0.15) is 5.82 Å². The number of thioether (sulfide) groups is 1. The number of hydrogen-bond acceptors (Lipinski definition) is 11. The minimum Gasteiger partial charge on any atom is -0.477 e. The lowest BCUT2D eigenvalue weighted by atomic mass is 10.0. The number of aromatic nitrogens is 2.